The van der Waals surface area contributed by atoms with Crippen LogP contribution in [0.4, 0.5) is 8.78 Å². The van der Waals surface area contributed by atoms with Gasteiger partial charge in [-0.2, -0.15) is 5.10 Å². The van der Waals surface area contributed by atoms with Gasteiger partial charge in [-0.1, -0.05) is 18.2 Å². The molecule has 1 aromatic carbocycles. The Kier molecular flexibility index (Phi) is 6.03. The van der Waals surface area contributed by atoms with Crippen LogP contribution in [0.5, 0.6) is 0 Å². The Morgan fingerprint density at radius 3 is 2.50 bits per heavy atom. The quantitative estimate of drug-likeness (QED) is 0.741. The van der Waals surface area contributed by atoms with Crippen LogP contribution in [-0.4, -0.2) is 69.0 Å². The number of aryl methyl sites for hydroxylation is 2. The van der Waals surface area contributed by atoms with E-state index in [1.54, 1.807) is 34.1 Å². The van der Waals surface area contributed by atoms with E-state index < -0.39 is 30.8 Å². The molecule has 9 heteroatoms. The van der Waals surface area contributed by atoms with Gasteiger partial charge in [0.25, 0.3) is 11.8 Å². The van der Waals surface area contributed by atoms with Gasteiger partial charge in [0.05, 0.1) is 18.3 Å². The van der Waals surface area contributed by atoms with E-state index in [0.29, 0.717) is 18.7 Å². The predicted molar refractivity (Wildman–Crippen MR) is 115 cm³/mol. The molecule has 172 valence electrons. The monoisotopic (exact) mass is 445 g/mol. The standard InChI is InChI=1S/C23H29F2N5O2/c1-4-30-16(3)19(15(2)27-30)11-26-21(31)20-10-23(24,25)14-29(20)18-12-28(13-18)22(32)17-8-6-5-7-9-17/h5-9,18,20H,4,10-14H2,1-3H3,(H,26,31). The van der Waals surface area contributed by atoms with Gasteiger partial charge in [-0.05, 0) is 32.9 Å². The Balaban J connectivity index is 1.39. The number of carbonyl (C=O) groups is 2. The lowest BCUT2D eigenvalue weighted by atomic mass is 10.0. The molecule has 32 heavy (non-hydrogen) atoms. The number of benzene rings is 1. The number of rotatable bonds is 6. The van der Waals surface area contributed by atoms with Crippen molar-refractivity contribution in [1.82, 2.24) is 24.9 Å². The summed E-state index contributed by atoms with van der Waals surface area (Å²) in [5.74, 6) is -3.45. The average molecular weight is 446 g/mol. The first-order chi connectivity index (χ1) is 15.2. The fourth-order valence-corrected chi connectivity index (χ4v) is 4.65. The van der Waals surface area contributed by atoms with Crippen molar-refractivity contribution in [2.45, 2.75) is 58.3 Å². The summed E-state index contributed by atoms with van der Waals surface area (Å²) >= 11 is 0. The van der Waals surface area contributed by atoms with E-state index in [2.05, 4.69) is 10.4 Å². The van der Waals surface area contributed by atoms with Crippen molar-refractivity contribution in [2.24, 2.45) is 0 Å². The highest BCUT2D eigenvalue weighted by molar-refractivity contribution is 5.94. The van der Waals surface area contributed by atoms with Gasteiger partial charge in [0, 0.05) is 55.5 Å². The van der Waals surface area contributed by atoms with E-state index in [1.165, 1.54) is 0 Å². The van der Waals surface area contributed by atoms with Crippen molar-refractivity contribution in [3.05, 3.63) is 52.8 Å². The summed E-state index contributed by atoms with van der Waals surface area (Å²) in [5.41, 5.74) is 3.28. The van der Waals surface area contributed by atoms with Gasteiger partial charge < -0.3 is 10.2 Å². The van der Waals surface area contributed by atoms with Crippen molar-refractivity contribution in [1.29, 1.82) is 0 Å². The molecule has 0 bridgehead atoms. The number of halogens is 2. The van der Waals surface area contributed by atoms with E-state index in [1.807, 2.05) is 31.5 Å². The van der Waals surface area contributed by atoms with Crippen molar-refractivity contribution in [2.75, 3.05) is 19.6 Å². The minimum atomic E-state index is -2.93. The number of carbonyl (C=O) groups excluding carboxylic acids is 2. The summed E-state index contributed by atoms with van der Waals surface area (Å²) in [6, 6.07) is 7.73. The van der Waals surface area contributed by atoms with Gasteiger partial charge in [-0.25, -0.2) is 8.78 Å². The number of nitrogens with zero attached hydrogens (tertiary/aromatic N) is 4. The molecule has 3 heterocycles. The number of amides is 2. The molecule has 2 amide bonds. The van der Waals surface area contributed by atoms with E-state index >= 15 is 0 Å². The second-order valence-electron chi connectivity index (χ2n) is 8.66. The lowest BCUT2D eigenvalue weighted by Gasteiger charge is -2.45. The number of nitrogens with one attached hydrogen (secondary N) is 1. The van der Waals surface area contributed by atoms with Gasteiger partial charge in [0.15, 0.2) is 0 Å². The Morgan fingerprint density at radius 1 is 1.19 bits per heavy atom. The second-order valence-corrected chi connectivity index (χ2v) is 8.66. The number of likely N-dealkylation sites (tertiary alicyclic amines) is 2. The van der Waals surface area contributed by atoms with Gasteiger partial charge in [-0.15, -0.1) is 0 Å². The molecular formula is C23H29F2N5O2. The molecule has 2 aliphatic heterocycles. The van der Waals surface area contributed by atoms with Crippen LogP contribution in [0.1, 0.15) is 40.7 Å². The summed E-state index contributed by atoms with van der Waals surface area (Å²) in [5, 5.41) is 7.28. The minimum absolute atomic E-state index is 0.118. The average Bonchev–Trinajstić information content (AvgIpc) is 3.20. The molecule has 7 nitrogen and oxygen atoms in total. The first kappa shape index (κ1) is 22.4. The van der Waals surface area contributed by atoms with E-state index in [9.17, 15) is 18.4 Å². The Labute approximate surface area is 186 Å². The zero-order valence-electron chi connectivity index (χ0n) is 18.6. The molecule has 0 saturated carbocycles. The molecule has 1 N–H and O–H groups in total. The number of alkyl halides is 2. The number of hydrogen-bond donors (Lipinski definition) is 1. The fraction of sp³-hybridized carbons (Fsp3) is 0.522. The van der Waals surface area contributed by atoms with Crippen molar-refractivity contribution < 1.29 is 18.4 Å². The molecule has 1 unspecified atom stereocenters. The predicted octanol–water partition coefficient (Wildman–Crippen LogP) is 2.37. The normalized spacial score (nSPS) is 20.9. The smallest absolute Gasteiger partial charge is 0.262 e. The molecule has 1 aromatic heterocycles. The molecule has 0 aliphatic carbocycles. The molecule has 2 fully saturated rings. The van der Waals surface area contributed by atoms with Gasteiger partial charge in [-0.3, -0.25) is 19.2 Å². The summed E-state index contributed by atoms with van der Waals surface area (Å²) in [7, 11) is 0. The van der Waals surface area contributed by atoms with Crippen LogP contribution in [0.15, 0.2) is 30.3 Å². The summed E-state index contributed by atoms with van der Waals surface area (Å²) in [6.45, 7) is 7.01. The topological polar surface area (TPSA) is 70.5 Å². The van der Waals surface area contributed by atoms with Crippen molar-refractivity contribution in [3.63, 3.8) is 0 Å². The van der Waals surface area contributed by atoms with Crippen LogP contribution in [0.3, 0.4) is 0 Å². The lowest BCUT2D eigenvalue weighted by Crippen LogP contribution is -2.63. The van der Waals surface area contributed by atoms with E-state index in [-0.39, 0.29) is 18.5 Å². The SMILES string of the molecule is CCn1nc(C)c(CNC(=O)C2CC(F)(F)CN2C2CN(C(=O)c3ccccc3)C2)c1C. The van der Waals surface area contributed by atoms with E-state index in [0.717, 1.165) is 23.5 Å². The zero-order chi connectivity index (χ0) is 23.0. The second kappa shape index (κ2) is 8.61. The van der Waals surface area contributed by atoms with Crippen LogP contribution >= 0.6 is 0 Å². The molecule has 0 radical (unpaired) electrons. The van der Waals surface area contributed by atoms with Crippen molar-refractivity contribution >= 4 is 11.8 Å². The maximum absolute atomic E-state index is 14.3. The maximum atomic E-state index is 14.3. The van der Waals surface area contributed by atoms with Crippen LogP contribution < -0.4 is 5.32 Å². The van der Waals surface area contributed by atoms with E-state index in [4.69, 9.17) is 0 Å². The lowest BCUT2D eigenvalue weighted by molar-refractivity contribution is -0.127. The summed E-state index contributed by atoms with van der Waals surface area (Å²) in [6.07, 6.45) is -0.506. The highest BCUT2D eigenvalue weighted by Gasteiger charge is 2.52. The first-order valence-corrected chi connectivity index (χ1v) is 11.0. The third kappa shape index (κ3) is 4.26. The molecule has 2 aromatic rings. The number of hydrogen-bond acceptors (Lipinski definition) is 4. The molecule has 4 rings (SSSR count). The largest absolute Gasteiger partial charge is 0.351 e. The molecule has 0 spiro atoms. The third-order valence-electron chi connectivity index (χ3n) is 6.52. The van der Waals surface area contributed by atoms with Gasteiger partial charge in [0.2, 0.25) is 5.91 Å². The highest BCUT2D eigenvalue weighted by Crippen LogP contribution is 2.36. The molecule has 1 atom stereocenters. The fourth-order valence-electron chi connectivity index (χ4n) is 4.65. The zero-order valence-corrected chi connectivity index (χ0v) is 18.6. The minimum Gasteiger partial charge on any atom is -0.351 e. The first-order valence-electron chi connectivity index (χ1n) is 11.0. The molecular weight excluding hydrogens is 416 g/mol. The van der Waals surface area contributed by atoms with Crippen LogP contribution in [-0.2, 0) is 17.9 Å². The molecule has 2 saturated heterocycles. The Morgan fingerprint density at radius 2 is 1.88 bits per heavy atom. The summed E-state index contributed by atoms with van der Waals surface area (Å²) < 4.78 is 30.4. The highest BCUT2D eigenvalue weighted by atomic mass is 19.3. The Hall–Kier alpha value is -2.81. The summed E-state index contributed by atoms with van der Waals surface area (Å²) in [4.78, 5) is 28.7. The Bertz CT molecular complexity index is 1000. The maximum Gasteiger partial charge on any atom is 0.262 e. The number of aromatic nitrogens is 2. The third-order valence-corrected chi connectivity index (χ3v) is 6.52. The van der Waals surface area contributed by atoms with Crippen LogP contribution in [0, 0.1) is 13.8 Å². The van der Waals surface area contributed by atoms with Crippen molar-refractivity contribution in [3.8, 4) is 0 Å². The van der Waals surface area contributed by atoms with Gasteiger partial charge >= 0.3 is 0 Å². The van der Waals surface area contributed by atoms with Crippen LogP contribution in [0.2, 0.25) is 0 Å². The van der Waals surface area contributed by atoms with Crippen LogP contribution in [0.25, 0.3) is 0 Å². The van der Waals surface area contributed by atoms with Gasteiger partial charge in [0.1, 0.15) is 0 Å². The molecule has 2 aliphatic rings.